The second kappa shape index (κ2) is 5.95. The molecule has 0 saturated carbocycles. The van der Waals surface area contributed by atoms with Crippen molar-refractivity contribution in [2.45, 2.75) is 18.2 Å². The van der Waals surface area contributed by atoms with E-state index in [0.717, 1.165) is 24.0 Å². The SMILES string of the molecule is CNCC1CCN(S(=O)(=O)c2ccc(C)c3ncccc23)C1. The van der Waals surface area contributed by atoms with E-state index in [1.165, 1.54) is 0 Å². The average Bonchev–Trinajstić information content (AvgIpc) is 2.97. The Morgan fingerprint density at radius 3 is 2.95 bits per heavy atom. The zero-order valence-corrected chi connectivity index (χ0v) is 13.7. The Kier molecular flexibility index (Phi) is 4.16. The first-order valence-electron chi connectivity index (χ1n) is 7.53. The van der Waals surface area contributed by atoms with Gasteiger partial charge in [0.25, 0.3) is 0 Å². The number of hydrogen-bond donors (Lipinski definition) is 1. The van der Waals surface area contributed by atoms with Crippen LogP contribution in [0, 0.1) is 12.8 Å². The fourth-order valence-corrected chi connectivity index (χ4v) is 4.84. The lowest BCUT2D eigenvalue weighted by atomic mass is 10.1. The first kappa shape index (κ1) is 15.4. The van der Waals surface area contributed by atoms with E-state index < -0.39 is 10.0 Å². The molecule has 118 valence electrons. The number of nitrogens with one attached hydrogen (secondary N) is 1. The number of benzene rings is 1. The highest BCUT2D eigenvalue weighted by Gasteiger charge is 2.33. The van der Waals surface area contributed by atoms with E-state index in [1.54, 1.807) is 22.6 Å². The Morgan fingerprint density at radius 1 is 1.36 bits per heavy atom. The smallest absolute Gasteiger partial charge is 0.243 e. The van der Waals surface area contributed by atoms with Crippen molar-refractivity contribution in [3.63, 3.8) is 0 Å². The molecular formula is C16H21N3O2S. The third-order valence-corrected chi connectivity index (χ3v) is 6.21. The molecule has 0 spiro atoms. The van der Waals surface area contributed by atoms with Gasteiger partial charge in [0, 0.05) is 24.7 Å². The predicted octanol–water partition coefficient (Wildman–Crippen LogP) is 1.77. The number of nitrogens with zero attached hydrogens (tertiary/aromatic N) is 2. The summed E-state index contributed by atoms with van der Waals surface area (Å²) in [6.07, 6.45) is 2.60. The summed E-state index contributed by atoms with van der Waals surface area (Å²) in [4.78, 5) is 4.70. The van der Waals surface area contributed by atoms with Gasteiger partial charge < -0.3 is 5.32 Å². The van der Waals surface area contributed by atoms with Gasteiger partial charge >= 0.3 is 0 Å². The number of rotatable bonds is 4. The second-order valence-corrected chi connectivity index (χ2v) is 7.76. The third kappa shape index (κ3) is 2.62. The first-order chi connectivity index (χ1) is 10.5. The normalized spacial score (nSPS) is 19.8. The summed E-state index contributed by atoms with van der Waals surface area (Å²) in [6.45, 7) is 3.97. The van der Waals surface area contributed by atoms with Gasteiger partial charge in [-0.3, -0.25) is 4.98 Å². The van der Waals surface area contributed by atoms with Crippen molar-refractivity contribution >= 4 is 20.9 Å². The molecule has 1 saturated heterocycles. The lowest BCUT2D eigenvalue weighted by Gasteiger charge is -2.18. The van der Waals surface area contributed by atoms with Crippen molar-refractivity contribution in [1.29, 1.82) is 0 Å². The van der Waals surface area contributed by atoms with Crippen molar-refractivity contribution < 1.29 is 8.42 Å². The van der Waals surface area contributed by atoms with E-state index in [4.69, 9.17) is 0 Å². The van der Waals surface area contributed by atoms with Gasteiger partial charge in [-0.05, 0) is 56.6 Å². The highest BCUT2D eigenvalue weighted by atomic mass is 32.2. The van der Waals surface area contributed by atoms with Crippen LogP contribution in [0.3, 0.4) is 0 Å². The molecule has 1 fully saturated rings. The molecule has 5 nitrogen and oxygen atoms in total. The van der Waals surface area contributed by atoms with E-state index in [0.29, 0.717) is 29.3 Å². The summed E-state index contributed by atoms with van der Waals surface area (Å²) < 4.78 is 27.6. The topological polar surface area (TPSA) is 62.3 Å². The summed E-state index contributed by atoms with van der Waals surface area (Å²) in [5.74, 6) is 0.384. The molecule has 2 aromatic rings. The van der Waals surface area contributed by atoms with E-state index >= 15 is 0 Å². The Labute approximate surface area is 131 Å². The quantitative estimate of drug-likeness (QED) is 0.933. The fraction of sp³-hybridized carbons (Fsp3) is 0.438. The highest BCUT2D eigenvalue weighted by Crippen LogP contribution is 2.29. The Bertz CT molecular complexity index is 789. The lowest BCUT2D eigenvalue weighted by Crippen LogP contribution is -2.30. The summed E-state index contributed by atoms with van der Waals surface area (Å²) in [6, 6.07) is 7.17. The van der Waals surface area contributed by atoms with Crippen LogP contribution in [0.1, 0.15) is 12.0 Å². The van der Waals surface area contributed by atoms with Crippen LogP contribution in [0.2, 0.25) is 0 Å². The number of pyridine rings is 1. The second-order valence-electron chi connectivity index (χ2n) is 5.86. The molecule has 1 aromatic carbocycles. The molecule has 1 aliphatic heterocycles. The lowest BCUT2D eigenvalue weighted by molar-refractivity contribution is 0.451. The summed E-state index contributed by atoms with van der Waals surface area (Å²) in [5, 5.41) is 3.83. The third-order valence-electron chi connectivity index (χ3n) is 4.29. The van der Waals surface area contributed by atoms with Crippen LogP contribution in [-0.2, 0) is 10.0 Å². The molecule has 1 unspecified atom stereocenters. The average molecular weight is 319 g/mol. The van der Waals surface area contributed by atoms with Gasteiger partial charge in [0.05, 0.1) is 10.4 Å². The zero-order valence-electron chi connectivity index (χ0n) is 12.9. The molecule has 1 aromatic heterocycles. The maximum absolute atomic E-state index is 13.0. The molecule has 1 atom stereocenters. The number of fused-ring (bicyclic) bond motifs is 1. The van der Waals surface area contributed by atoms with Crippen molar-refractivity contribution in [2.75, 3.05) is 26.7 Å². The maximum Gasteiger partial charge on any atom is 0.243 e. The largest absolute Gasteiger partial charge is 0.319 e. The molecule has 1 aliphatic rings. The Balaban J connectivity index is 2.02. The predicted molar refractivity (Wildman–Crippen MR) is 87.3 cm³/mol. The van der Waals surface area contributed by atoms with Gasteiger partial charge in [-0.15, -0.1) is 0 Å². The molecule has 2 heterocycles. The number of hydrogen-bond acceptors (Lipinski definition) is 4. The number of aromatic nitrogens is 1. The molecule has 22 heavy (non-hydrogen) atoms. The molecule has 6 heteroatoms. The first-order valence-corrected chi connectivity index (χ1v) is 8.97. The minimum atomic E-state index is -3.47. The minimum absolute atomic E-state index is 0.367. The molecule has 0 bridgehead atoms. The van der Waals surface area contributed by atoms with Crippen LogP contribution in [0.25, 0.3) is 10.9 Å². The van der Waals surface area contributed by atoms with Crippen molar-refractivity contribution in [2.24, 2.45) is 5.92 Å². The molecule has 3 rings (SSSR count). The Hall–Kier alpha value is -1.50. The van der Waals surface area contributed by atoms with E-state index in [9.17, 15) is 8.42 Å². The van der Waals surface area contributed by atoms with Gasteiger partial charge in [0.2, 0.25) is 10.0 Å². The van der Waals surface area contributed by atoms with Crippen molar-refractivity contribution in [3.05, 3.63) is 36.0 Å². The molecule has 0 aliphatic carbocycles. The van der Waals surface area contributed by atoms with Gasteiger partial charge in [-0.25, -0.2) is 8.42 Å². The Morgan fingerprint density at radius 2 is 2.18 bits per heavy atom. The van der Waals surface area contributed by atoms with Crippen molar-refractivity contribution in [3.8, 4) is 0 Å². The fourth-order valence-electron chi connectivity index (χ4n) is 3.12. The van der Waals surface area contributed by atoms with Crippen LogP contribution in [0.5, 0.6) is 0 Å². The van der Waals surface area contributed by atoms with Gasteiger partial charge in [-0.1, -0.05) is 6.07 Å². The van der Waals surface area contributed by atoms with Gasteiger partial charge in [-0.2, -0.15) is 4.31 Å². The summed E-state index contributed by atoms with van der Waals surface area (Å²) >= 11 is 0. The van der Waals surface area contributed by atoms with Gasteiger partial charge in [0.1, 0.15) is 0 Å². The van der Waals surface area contributed by atoms with Gasteiger partial charge in [0.15, 0.2) is 0 Å². The van der Waals surface area contributed by atoms with Crippen LogP contribution in [-0.4, -0.2) is 44.4 Å². The molecular weight excluding hydrogens is 298 g/mol. The van der Waals surface area contributed by atoms with Crippen LogP contribution >= 0.6 is 0 Å². The highest BCUT2D eigenvalue weighted by molar-refractivity contribution is 7.89. The minimum Gasteiger partial charge on any atom is -0.319 e. The molecule has 0 radical (unpaired) electrons. The van der Waals surface area contributed by atoms with E-state index in [-0.39, 0.29) is 0 Å². The molecule has 1 N–H and O–H groups in total. The zero-order chi connectivity index (χ0) is 15.7. The van der Waals surface area contributed by atoms with E-state index in [1.807, 2.05) is 26.1 Å². The summed E-state index contributed by atoms with van der Waals surface area (Å²) in [5.41, 5.74) is 1.75. The van der Waals surface area contributed by atoms with Crippen LogP contribution in [0.15, 0.2) is 35.4 Å². The van der Waals surface area contributed by atoms with Crippen LogP contribution < -0.4 is 5.32 Å². The van der Waals surface area contributed by atoms with E-state index in [2.05, 4.69) is 10.3 Å². The standard InChI is InChI=1S/C16H21N3O2S/c1-12-5-6-15(14-4-3-8-18-16(12)14)22(20,21)19-9-7-13(11-19)10-17-2/h3-6,8,13,17H,7,9-11H2,1-2H3. The molecule has 0 amide bonds. The van der Waals surface area contributed by atoms with Crippen LogP contribution in [0.4, 0.5) is 0 Å². The number of sulfonamides is 1. The van der Waals surface area contributed by atoms with Crippen molar-refractivity contribution in [1.82, 2.24) is 14.6 Å². The number of aryl methyl sites for hydroxylation is 1. The summed E-state index contributed by atoms with van der Waals surface area (Å²) in [7, 11) is -1.57. The monoisotopic (exact) mass is 319 g/mol. The maximum atomic E-state index is 13.0.